The molecule has 2 aromatic rings. The Hall–Kier alpha value is -1.62. The van der Waals surface area contributed by atoms with Gasteiger partial charge in [0, 0.05) is 24.2 Å². The summed E-state index contributed by atoms with van der Waals surface area (Å²) in [7, 11) is 0. The second kappa shape index (κ2) is 6.89. The first-order chi connectivity index (χ1) is 9.99. The van der Waals surface area contributed by atoms with Gasteiger partial charge in [-0.15, -0.1) is 0 Å². The van der Waals surface area contributed by atoms with Gasteiger partial charge >= 0.3 is 0 Å². The Morgan fingerprint density at radius 2 is 1.95 bits per heavy atom. The Kier molecular flexibility index (Phi) is 5.17. The lowest BCUT2D eigenvalue weighted by Crippen LogP contribution is -2.17. The Bertz CT molecular complexity index is 579. The maximum atomic E-state index is 4.68. The predicted molar refractivity (Wildman–Crippen MR) is 87.9 cm³/mol. The second-order valence-electron chi connectivity index (χ2n) is 5.86. The average molecular weight is 302 g/mol. The van der Waals surface area contributed by atoms with Crippen molar-refractivity contribution in [3.8, 4) is 0 Å². The molecule has 0 aliphatic carbocycles. The van der Waals surface area contributed by atoms with Gasteiger partial charge in [-0.3, -0.25) is 0 Å². The predicted octanol–water partition coefficient (Wildman–Crippen LogP) is 4.14. The molecule has 4 nitrogen and oxygen atoms in total. The van der Waals surface area contributed by atoms with Gasteiger partial charge in [-0.1, -0.05) is 33.8 Å². The maximum absolute atomic E-state index is 4.68. The van der Waals surface area contributed by atoms with E-state index in [1.54, 1.807) is 18.0 Å². The monoisotopic (exact) mass is 302 g/mol. The van der Waals surface area contributed by atoms with Crippen LogP contribution in [0, 0.1) is 0 Å². The Morgan fingerprint density at radius 1 is 1.14 bits per heavy atom. The zero-order chi connectivity index (χ0) is 15.3. The standard InChI is InChI=1S/C16H22N4S/c1-5-9-17-12-11-14(20-15(19-12)16(2,3)4)21-13-8-6-7-10-18-13/h6-8,10-11H,5,9H2,1-4H3,(H,17,19,20). The van der Waals surface area contributed by atoms with Gasteiger partial charge in [0.05, 0.1) is 0 Å². The number of nitrogens with one attached hydrogen (secondary N) is 1. The fourth-order valence-corrected chi connectivity index (χ4v) is 2.45. The molecular formula is C16H22N4S. The minimum atomic E-state index is -0.0800. The number of hydrogen-bond acceptors (Lipinski definition) is 5. The van der Waals surface area contributed by atoms with Crippen LogP contribution in [0.3, 0.4) is 0 Å². The SMILES string of the molecule is CCCNc1cc(Sc2ccccn2)nc(C(C)(C)C)n1. The smallest absolute Gasteiger partial charge is 0.137 e. The number of nitrogens with zero attached hydrogens (tertiary/aromatic N) is 3. The topological polar surface area (TPSA) is 50.7 Å². The minimum absolute atomic E-state index is 0.0800. The van der Waals surface area contributed by atoms with Crippen LogP contribution in [0.4, 0.5) is 5.82 Å². The van der Waals surface area contributed by atoms with Crippen LogP contribution in [-0.2, 0) is 5.41 Å². The van der Waals surface area contributed by atoms with E-state index in [-0.39, 0.29) is 5.41 Å². The van der Waals surface area contributed by atoms with Crippen molar-refractivity contribution in [2.75, 3.05) is 11.9 Å². The Balaban J connectivity index is 2.30. The van der Waals surface area contributed by atoms with Crippen molar-refractivity contribution in [3.63, 3.8) is 0 Å². The molecule has 0 radical (unpaired) electrons. The maximum Gasteiger partial charge on any atom is 0.137 e. The first-order valence-electron chi connectivity index (χ1n) is 7.21. The van der Waals surface area contributed by atoms with Crippen molar-refractivity contribution in [3.05, 3.63) is 36.3 Å². The lowest BCUT2D eigenvalue weighted by Gasteiger charge is -2.18. The van der Waals surface area contributed by atoms with Crippen LogP contribution in [0.25, 0.3) is 0 Å². The highest BCUT2D eigenvalue weighted by Crippen LogP contribution is 2.28. The number of pyridine rings is 1. The van der Waals surface area contributed by atoms with E-state index in [1.165, 1.54) is 0 Å². The van der Waals surface area contributed by atoms with Crippen LogP contribution >= 0.6 is 11.8 Å². The van der Waals surface area contributed by atoms with Crippen molar-refractivity contribution < 1.29 is 0 Å². The fraction of sp³-hybridized carbons (Fsp3) is 0.438. The van der Waals surface area contributed by atoms with E-state index >= 15 is 0 Å². The van der Waals surface area contributed by atoms with Gasteiger partial charge in [0.1, 0.15) is 21.7 Å². The van der Waals surface area contributed by atoms with Crippen molar-refractivity contribution in [1.82, 2.24) is 15.0 Å². The largest absolute Gasteiger partial charge is 0.370 e. The van der Waals surface area contributed by atoms with Gasteiger partial charge < -0.3 is 5.32 Å². The van der Waals surface area contributed by atoms with Crippen LogP contribution in [0.5, 0.6) is 0 Å². The zero-order valence-electron chi connectivity index (χ0n) is 13.1. The molecule has 0 bridgehead atoms. The van der Waals surface area contributed by atoms with Crippen molar-refractivity contribution in [2.45, 2.75) is 49.6 Å². The van der Waals surface area contributed by atoms with Gasteiger partial charge in [-0.2, -0.15) is 0 Å². The molecule has 2 rings (SSSR count). The third-order valence-electron chi connectivity index (χ3n) is 2.78. The zero-order valence-corrected chi connectivity index (χ0v) is 13.9. The summed E-state index contributed by atoms with van der Waals surface area (Å²) in [5, 5.41) is 5.21. The molecule has 0 aliphatic heterocycles. The van der Waals surface area contributed by atoms with Crippen molar-refractivity contribution in [1.29, 1.82) is 0 Å². The molecule has 0 saturated heterocycles. The van der Waals surface area contributed by atoms with E-state index < -0.39 is 0 Å². The molecule has 0 atom stereocenters. The Labute approximate surface area is 130 Å². The number of aromatic nitrogens is 3. The molecule has 0 aliphatic rings. The number of anilines is 1. The van der Waals surface area contributed by atoms with E-state index in [0.29, 0.717) is 0 Å². The Morgan fingerprint density at radius 3 is 2.57 bits per heavy atom. The van der Waals surface area contributed by atoms with E-state index in [0.717, 1.165) is 34.7 Å². The second-order valence-corrected chi connectivity index (χ2v) is 6.90. The van der Waals surface area contributed by atoms with Crippen LogP contribution in [0.1, 0.15) is 39.9 Å². The summed E-state index contributed by atoms with van der Waals surface area (Å²) in [6, 6.07) is 7.88. The highest BCUT2D eigenvalue weighted by molar-refractivity contribution is 7.99. The molecule has 5 heteroatoms. The number of rotatable bonds is 5. The summed E-state index contributed by atoms with van der Waals surface area (Å²) in [6.07, 6.45) is 2.86. The van der Waals surface area contributed by atoms with Gasteiger partial charge in [0.25, 0.3) is 0 Å². The molecule has 0 fully saturated rings. The van der Waals surface area contributed by atoms with Crippen LogP contribution in [0.15, 0.2) is 40.5 Å². The third-order valence-corrected chi connectivity index (χ3v) is 3.65. The fourth-order valence-electron chi connectivity index (χ4n) is 1.67. The normalized spacial score (nSPS) is 11.4. The quantitative estimate of drug-likeness (QED) is 0.841. The molecule has 1 N–H and O–H groups in total. The lowest BCUT2D eigenvalue weighted by atomic mass is 9.96. The summed E-state index contributed by atoms with van der Waals surface area (Å²) >= 11 is 1.56. The van der Waals surface area contributed by atoms with Gasteiger partial charge in [-0.25, -0.2) is 15.0 Å². The van der Waals surface area contributed by atoms with E-state index in [9.17, 15) is 0 Å². The molecule has 0 saturated carbocycles. The van der Waals surface area contributed by atoms with E-state index in [1.807, 2.05) is 24.3 Å². The van der Waals surface area contributed by atoms with Gasteiger partial charge in [-0.05, 0) is 30.3 Å². The summed E-state index contributed by atoms with van der Waals surface area (Å²) in [6.45, 7) is 9.43. The lowest BCUT2D eigenvalue weighted by molar-refractivity contribution is 0.539. The van der Waals surface area contributed by atoms with Crippen LogP contribution < -0.4 is 5.32 Å². The molecule has 2 aromatic heterocycles. The van der Waals surface area contributed by atoms with Crippen LogP contribution in [-0.4, -0.2) is 21.5 Å². The summed E-state index contributed by atoms with van der Waals surface area (Å²) in [4.78, 5) is 13.6. The van der Waals surface area contributed by atoms with Crippen molar-refractivity contribution >= 4 is 17.6 Å². The minimum Gasteiger partial charge on any atom is -0.370 e. The van der Waals surface area contributed by atoms with E-state index in [4.69, 9.17) is 0 Å². The molecular weight excluding hydrogens is 280 g/mol. The van der Waals surface area contributed by atoms with Crippen molar-refractivity contribution in [2.24, 2.45) is 0 Å². The molecule has 112 valence electrons. The van der Waals surface area contributed by atoms with Gasteiger partial charge in [0.2, 0.25) is 0 Å². The first kappa shape index (κ1) is 15.8. The van der Waals surface area contributed by atoms with Gasteiger partial charge in [0.15, 0.2) is 0 Å². The molecule has 2 heterocycles. The van der Waals surface area contributed by atoms with E-state index in [2.05, 4.69) is 48.0 Å². The molecule has 21 heavy (non-hydrogen) atoms. The highest BCUT2D eigenvalue weighted by Gasteiger charge is 2.19. The third kappa shape index (κ3) is 4.70. The average Bonchev–Trinajstić information content (AvgIpc) is 2.45. The molecule has 0 aromatic carbocycles. The first-order valence-corrected chi connectivity index (χ1v) is 8.03. The molecule has 0 amide bonds. The molecule has 0 unspecified atom stereocenters. The number of hydrogen-bond donors (Lipinski definition) is 1. The summed E-state index contributed by atoms with van der Waals surface area (Å²) in [5.74, 6) is 1.73. The van der Waals surface area contributed by atoms with Crippen LogP contribution in [0.2, 0.25) is 0 Å². The highest BCUT2D eigenvalue weighted by atomic mass is 32.2. The summed E-state index contributed by atoms with van der Waals surface area (Å²) < 4.78 is 0. The molecule has 0 spiro atoms. The summed E-state index contributed by atoms with van der Waals surface area (Å²) in [5.41, 5.74) is -0.0800.